The second kappa shape index (κ2) is 13.3. The number of aliphatic hydroxyl groups excluding tert-OH is 1. The quantitative estimate of drug-likeness (QED) is 0.247. The number of ether oxygens (including phenoxy) is 3. The van der Waals surface area contributed by atoms with Crippen LogP contribution in [-0.2, 0) is 9.47 Å². The molecule has 1 saturated carbocycles. The number of nitrogens with two attached hydrogens (primary N) is 1. The summed E-state index contributed by atoms with van der Waals surface area (Å²) >= 11 is 0.922. The number of halogens is 2. The molecule has 4 aromatic rings. The van der Waals surface area contributed by atoms with E-state index in [0.717, 1.165) is 69.6 Å². The minimum absolute atomic E-state index is 0.0180. The number of aromatic nitrogens is 3. The summed E-state index contributed by atoms with van der Waals surface area (Å²) < 4.78 is 50.1. The van der Waals surface area contributed by atoms with Gasteiger partial charge in [0.15, 0.2) is 5.82 Å². The van der Waals surface area contributed by atoms with E-state index in [2.05, 4.69) is 14.9 Å². The lowest BCUT2D eigenvalue weighted by Crippen LogP contribution is -2.55. The number of nitrogen functional groups attached to an aromatic ring is 1. The largest absolute Gasteiger partial charge is 0.463 e. The van der Waals surface area contributed by atoms with Gasteiger partial charge in [0.2, 0.25) is 0 Å². The van der Waals surface area contributed by atoms with E-state index in [1.165, 1.54) is 18.3 Å². The highest BCUT2D eigenvalue weighted by molar-refractivity contribution is 7.23. The van der Waals surface area contributed by atoms with E-state index in [9.17, 15) is 19.9 Å². The van der Waals surface area contributed by atoms with Gasteiger partial charge in [-0.3, -0.25) is 9.88 Å². The van der Waals surface area contributed by atoms with Crippen LogP contribution in [0.2, 0.25) is 0 Å². The summed E-state index contributed by atoms with van der Waals surface area (Å²) in [6.07, 6.45) is 7.01. The predicted molar refractivity (Wildman–Crippen MR) is 188 cm³/mol. The topological polar surface area (TPSA) is 163 Å². The number of thiophene rings is 1. The lowest BCUT2D eigenvalue weighted by atomic mass is 9.75. The molecule has 3 aliphatic heterocycles. The van der Waals surface area contributed by atoms with Crippen LogP contribution >= 0.6 is 11.3 Å². The van der Waals surface area contributed by atoms with Gasteiger partial charge >= 0.3 is 6.01 Å². The Morgan fingerprint density at radius 3 is 2.84 bits per heavy atom. The third-order valence-electron chi connectivity index (χ3n) is 11.1. The van der Waals surface area contributed by atoms with Gasteiger partial charge in [0.1, 0.15) is 39.5 Å². The molecule has 15 heteroatoms. The molecule has 1 aliphatic carbocycles. The molecule has 8 rings (SSSR count). The SMILES string of the molecule is C[C@@]1(O)CO[C@@H](CO)CN(c2nc(OC[C@]34CCC[C@H]3N(C3CCOC3)CCC4)nc3c(F)c(-c4ccc(F)c5sc(N)c(C#N)c45)ncc23)C1. The molecule has 0 bridgehead atoms. The van der Waals surface area contributed by atoms with Crippen molar-refractivity contribution < 1.29 is 33.2 Å². The lowest BCUT2D eigenvalue weighted by molar-refractivity contribution is -0.0528. The number of likely N-dealkylation sites (tertiary alicyclic amines) is 1. The van der Waals surface area contributed by atoms with E-state index in [1.54, 1.807) is 11.8 Å². The summed E-state index contributed by atoms with van der Waals surface area (Å²) in [6.45, 7) is 4.44. The molecule has 4 fully saturated rings. The number of piperidine rings is 1. The third kappa shape index (κ3) is 6.05. The first-order valence-corrected chi connectivity index (χ1v) is 18.4. The van der Waals surface area contributed by atoms with E-state index in [1.807, 2.05) is 6.07 Å². The molecule has 1 aromatic carbocycles. The monoisotopic (exact) mass is 721 g/mol. The Balaban J connectivity index is 1.24. The molecular formula is C36H41F2N7O5S. The zero-order valence-corrected chi connectivity index (χ0v) is 29.2. The van der Waals surface area contributed by atoms with Crippen molar-refractivity contribution in [2.75, 3.05) is 63.3 Å². The third-order valence-corrected chi connectivity index (χ3v) is 12.2. The number of fused-ring (bicyclic) bond motifs is 3. The Morgan fingerprint density at radius 1 is 1.22 bits per heavy atom. The minimum Gasteiger partial charge on any atom is -0.463 e. The summed E-state index contributed by atoms with van der Waals surface area (Å²) in [5.74, 6) is -1.11. The average Bonchev–Trinajstić information content (AvgIpc) is 3.86. The van der Waals surface area contributed by atoms with Gasteiger partial charge in [-0.1, -0.05) is 6.42 Å². The fraction of sp³-hybridized carbons (Fsp3) is 0.556. The molecule has 5 atom stereocenters. The Labute approximate surface area is 297 Å². The van der Waals surface area contributed by atoms with Crippen LogP contribution in [0.15, 0.2) is 18.3 Å². The first kappa shape index (κ1) is 34.3. The smallest absolute Gasteiger partial charge is 0.319 e. The number of anilines is 2. The molecule has 6 heterocycles. The van der Waals surface area contributed by atoms with E-state index in [4.69, 9.17) is 24.9 Å². The summed E-state index contributed by atoms with van der Waals surface area (Å²) in [5.41, 5.74) is 4.69. The molecule has 0 spiro atoms. The summed E-state index contributed by atoms with van der Waals surface area (Å²) in [6, 6.07) is 5.33. The summed E-state index contributed by atoms with van der Waals surface area (Å²) in [4.78, 5) is 18.3. The maximum atomic E-state index is 17.0. The maximum absolute atomic E-state index is 17.0. The van der Waals surface area contributed by atoms with Crippen LogP contribution in [0, 0.1) is 28.4 Å². The molecule has 0 amide bonds. The van der Waals surface area contributed by atoms with Gasteiger partial charge in [0.25, 0.3) is 0 Å². The van der Waals surface area contributed by atoms with Crippen molar-refractivity contribution >= 4 is 43.1 Å². The van der Waals surface area contributed by atoms with Crippen LogP contribution in [0.3, 0.4) is 0 Å². The zero-order chi connectivity index (χ0) is 35.5. The van der Waals surface area contributed by atoms with Gasteiger partial charge < -0.3 is 35.1 Å². The molecule has 3 aromatic heterocycles. The first-order chi connectivity index (χ1) is 24.6. The fourth-order valence-electron chi connectivity index (χ4n) is 8.77. The highest BCUT2D eigenvalue weighted by Gasteiger charge is 2.50. The summed E-state index contributed by atoms with van der Waals surface area (Å²) in [5, 5.41) is 31.7. The van der Waals surface area contributed by atoms with Gasteiger partial charge in [-0.2, -0.15) is 15.2 Å². The number of nitrogens with zero attached hydrogens (tertiary/aromatic N) is 6. The van der Waals surface area contributed by atoms with Crippen LogP contribution in [0.25, 0.3) is 32.2 Å². The Kier molecular flexibility index (Phi) is 8.97. The number of aliphatic hydroxyl groups is 2. The number of rotatable bonds is 7. The molecule has 0 radical (unpaired) electrons. The molecule has 1 unspecified atom stereocenters. The molecular weight excluding hydrogens is 681 g/mol. The highest BCUT2D eigenvalue weighted by atomic mass is 32.1. The number of β-amino-alcohol motifs (C(OH)–C–C–N with tert-alkyl or cyclic N) is 1. The number of benzene rings is 1. The van der Waals surface area contributed by atoms with Crippen molar-refractivity contribution in [2.24, 2.45) is 5.41 Å². The lowest BCUT2D eigenvalue weighted by Gasteiger charge is -2.48. The second-order valence-corrected chi connectivity index (χ2v) is 15.7. The van der Waals surface area contributed by atoms with Gasteiger partial charge in [0.05, 0.1) is 54.7 Å². The molecule has 4 aliphatic rings. The van der Waals surface area contributed by atoms with Gasteiger partial charge in [-0.05, 0) is 57.7 Å². The first-order valence-electron chi connectivity index (χ1n) is 17.5. The standard InChI is InChI=1S/C36H41F2N7O5S/c1-35(47)17-44(14-21(15-46)49-18-35)33-24-13-41-29(22-5-6-25(37)31-27(22)23(12-39)32(40)51-31)28(38)30(24)42-34(43-33)50-19-36-8-2-4-26(36)45(10-3-9-36)20-7-11-48-16-20/h5-6,13,20-21,26,46-47H,2-4,7-11,14-19,40H2,1H3/t20?,21-,26-,35+,36-/m1/s1. The zero-order valence-electron chi connectivity index (χ0n) is 28.4. The van der Waals surface area contributed by atoms with E-state index < -0.39 is 23.3 Å². The molecule has 12 nitrogen and oxygen atoms in total. The Bertz CT molecular complexity index is 2020. The van der Waals surface area contributed by atoms with Crippen molar-refractivity contribution in [1.29, 1.82) is 5.26 Å². The highest BCUT2D eigenvalue weighted by Crippen LogP contribution is 2.49. The van der Waals surface area contributed by atoms with Crippen LogP contribution in [0.1, 0.15) is 51.0 Å². The molecule has 270 valence electrons. The minimum atomic E-state index is -1.31. The maximum Gasteiger partial charge on any atom is 0.319 e. The van der Waals surface area contributed by atoms with Crippen LogP contribution in [-0.4, -0.2) is 107 Å². The van der Waals surface area contributed by atoms with E-state index in [-0.39, 0.29) is 86.4 Å². The number of hydrogen-bond donors (Lipinski definition) is 3. The van der Waals surface area contributed by atoms with Gasteiger partial charge in [-0.15, -0.1) is 11.3 Å². The number of pyridine rings is 1. The molecule has 4 N–H and O–H groups in total. The normalized spacial score (nSPS) is 28.6. The van der Waals surface area contributed by atoms with Crippen molar-refractivity contribution in [3.63, 3.8) is 0 Å². The summed E-state index contributed by atoms with van der Waals surface area (Å²) in [7, 11) is 0. The molecule has 51 heavy (non-hydrogen) atoms. The Morgan fingerprint density at radius 2 is 2.06 bits per heavy atom. The van der Waals surface area contributed by atoms with Gasteiger partial charge in [0, 0.05) is 47.8 Å². The Hall–Kier alpha value is -3.78. The van der Waals surface area contributed by atoms with Crippen molar-refractivity contribution in [1.82, 2.24) is 19.9 Å². The predicted octanol–water partition coefficient (Wildman–Crippen LogP) is 4.39. The van der Waals surface area contributed by atoms with Crippen LogP contribution in [0.5, 0.6) is 6.01 Å². The van der Waals surface area contributed by atoms with Crippen molar-refractivity contribution in [3.8, 4) is 23.3 Å². The van der Waals surface area contributed by atoms with Crippen LogP contribution in [0.4, 0.5) is 19.6 Å². The second-order valence-electron chi connectivity index (χ2n) is 14.7. The van der Waals surface area contributed by atoms with Crippen LogP contribution < -0.4 is 15.4 Å². The molecule has 3 saturated heterocycles. The van der Waals surface area contributed by atoms with E-state index in [0.29, 0.717) is 18.7 Å². The number of hydrogen-bond acceptors (Lipinski definition) is 13. The number of nitriles is 1. The van der Waals surface area contributed by atoms with E-state index >= 15 is 4.39 Å². The van der Waals surface area contributed by atoms with Gasteiger partial charge in [-0.25, -0.2) is 8.78 Å². The van der Waals surface area contributed by atoms with Crippen molar-refractivity contribution in [2.45, 2.75) is 69.2 Å². The van der Waals surface area contributed by atoms with Crippen molar-refractivity contribution in [3.05, 3.63) is 35.5 Å². The fourth-order valence-corrected chi connectivity index (χ4v) is 9.72. The average molecular weight is 722 g/mol.